The van der Waals surface area contributed by atoms with E-state index in [0.29, 0.717) is 11.7 Å². The topological polar surface area (TPSA) is 75.7 Å². The van der Waals surface area contributed by atoms with Crippen molar-refractivity contribution in [1.29, 1.82) is 0 Å². The van der Waals surface area contributed by atoms with E-state index in [1.54, 1.807) is 6.92 Å². The zero-order chi connectivity index (χ0) is 13.8. The average Bonchev–Trinajstić information content (AvgIpc) is 2.69. The summed E-state index contributed by atoms with van der Waals surface area (Å²) in [5, 5.41) is 8.96. The number of aromatic nitrogens is 1. The third kappa shape index (κ3) is 3.54. The normalized spacial score (nSPS) is 20.6. The van der Waals surface area contributed by atoms with Crippen molar-refractivity contribution in [3.63, 3.8) is 0 Å². The van der Waals surface area contributed by atoms with Crippen LogP contribution < -0.4 is 5.56 Å². The second-order valence-electron chi connectivity index (χ2n) is 5.13. The predicted octanol–water partition coefficient (Wildman–Crippen LogP) is 0.484. The molecule has 0 amide bonds. The van der Waals surface area contributed by atoms with E-state index < -0.39 is 5.56 Å². The molecule has 1 aliphatic heterocycles. The van der Waals surface area contributed by atoms with Gasteiger partial charge < -0.3 is 9.63 Å². The lowest BCUT2D eigenvalue weighted by molar-refractivity contribution is 0.0664. The van der Waals surface area contributed by atoms with Gasteiger partial charge in [-0.25, -0.2) is 0 Å². The maximum absolute atomic E-state index is 12.0. The third-order valence-corrected chi connectivity index (χ3v) is 3.49. The predicted molar refractivity (Wildman–Crippen MR) is 69.2 cm³/mol. The highest BCUT2D eigenvalue weighted by Gasteiger charge is 2.23. The van der Waals surface area contributed by atoms with Crippen LogP contribution >= 0.6 is 0 Å². The summed E-state index contributed by atoms with van der Waals surface area (Å²) in [4.78, 5) is 25.5. The van der Waals surface area contributed by atoms with Crippen LogP contribution in [0.2, 0.25) is 0 Å². The highest BCUT2D eigenvalue weighted by molar-refractivity contribution is 5.79. The first-order chi connectivity index (χ1) is 9.10. The van der Waals surface area contributed by atoms with Gasteiger partial charge in [-0.3, -0.25) is 14.5 Å². The van der Waals surface area contributed by atoms with Gasteiger partial charge in [-0.1, -0.05) is 0 Å². The lowest BCUT2D eigenvalue weighted by atomic mass is 9.95. The molecule has 1 fully saturated rings. The van der Waals surface area contributed by atoms with Crippen molar-refractivity contribution in [3.05, 3.63) is 22.2 Å². The van der Waals surface area contributed by atoms with Crippen molar-refractivity contribution in [2.75, 3.05) is 26.2 Å². The number of carbonyl (C=O) groups excluding carboxylic acids is 1. The van der Waals surface area contributed by atoms with Gasteiger partial charge in [0.05, 0.1) is 6.54 Å². The van der Waals surface area contributed by atoms with Crippen molar-refractivity contribution in [2.24, 2.45) is 5.92 Å². The fraction of sp³-hybridized carbons (Fsp3) is 0.692. The van der Waals surface area contributed by atoms with Crippen LogP contribution in [0.1, 0.15) is 29.8 Å². The molecule has 2 heterocycles. The summed E-state index contributed by atoms with van der Waals surface area (Å²) in [6, 6.07) is 1.31. The number of aliphatic hydroxyl groups excluding tert-OH is 1. The van der Waals surface area contributed by atoms with Crippen LogP contribution in [-0.4, -0.2) is 46.9 Å². The molecule has 0 radical (unpaired) electrons. The molecule has 0 saturated carbocycles. The highest BCUT2D eigenvalue weighted by Crippen LogP contribution is 2.18. The molecule has 19 heavy (non-hydrogen) atoms. The summed E-state index contributed by atoms with van der Waals surface area (Å²) >= 11 is 0. The fourth-order valence-electron chi connectivity index (χ4n) is 2.59. The molecule has 0 spiro atoms. The Hall–Kier alpha value is -1.40. The Balaban J connectivity index is 1.95. The van der Waals surface area contributed by atoms with Crippen molar-refractivity contribution in [3.8, 4) is 0 Å². The Morgan fingerprint density at radius 1 is 1.58 bits per heavy atom. The summed E-state index contributed by atoms with van der Waals surface area (Å²) < 4.78 is 5.90. The van der Waals surface area contributed by atoms with E-state index in [0.717, 1.165) is 37.1 Å². The van der Waals surface area contributed by atoms with Gasteiger partial charge in [0, 0.05) is 19.2 Å². The van der Waals surface area contributed by atoms with E-state index in [-0.39, 0.29) is 19.1 Å². The average molecular weight is 268 g/mol. The lowest BCUT2D eigenvalue weighted by Crippen LogP contribution is -2.41. The Labute approximate surface area is 111 Å². The summed E-state index contributed by atoms with van der Waals surface area (Å²) in [7, 11) is 0. The molecule has 106 valence electrons. The van der Waals surface area contributed by atoms with Gasteiger partial charge in [-0.15, -0.1) is 4.74 Å². The number of aryl methyl sites for hydroxylation is 1. The van der Waals surface area contributed by atoms with Crippen LogP contribution in [0.4, 0.5) is 0 Å². The van der Waals surface area contributed by atoms with Gasteiger partial charge in [-0.05, 0) is 38.6 Å². The quantitative estimate of drug-likeness (QED) is 0.859. The number of likely N-dealkylation sites (tertiary alicyclic amines) is 1. The van der Waals surface area contributed by atoms with E-state index in [1.807, 2.05) is 4.90 Å². The summed E-state index contributed by atoms with van der Waals surface area (Å²) in [5.41, 5.74) is -0.411. The van der Waals surface area contributed by atoms with Crippen LogP contribution in [0.3, 0.4) is 0 Å². The SMILES string of the molecule is Cc1cc(=O)n(C(=O)CN2CCCC(CCO)C2)o1. The van der Waals surface area contributed by atoms with Crippen molar-refractivity contribution in [2.45, 2.75) is 26.2 Å². The van der Waals surface area contributed by atoms with Crippen LogP contribution in [0.25, 0.3) is 0 Å². The third-order valence-electron chi connectivity index (χ3n) is 3.49. The van der Waals surface area contributed by atoms with Crippen LogP contribution in [0.5, 0.6) is 0 Å². The maximum atomic E-state index is 12.0. The Bertz CT molecular complexity index is 489. The van der Waals surface area contributed by atoms with E-state index in [1.165, 1.54) is 6.07 Å². The standard InChI is InChI=1S/C13H20N2O4/c1-10-7-12(17)15(19-10)13(18)9-14-5-2-3-11(8-14)4-6-16/h7,11,16H,2-6,8-9H2,1H3. The smallest absolute Gasteiger partial charge is 0.290 e. The zero-order valence-electron chi connectivity index (χ0n) is 11.2. The molecule has 2 rings (SSSR count). The number of aliphatic hydroxyl groups is 1. The zero-order valence-corrected chi connectivity index (χ0v) is 11.2. The molecule has 1 saturated heterocycles. The van der Waals surface area contributed by atoms with E-state index >= 15 is 0 Å². The Morgan fingerprint density at radius 3 is 3.00 bits per heavy atom. The first kappa shape index (κ1) is 14.0. The monoisotopic (exact) mass is 268 g/mol. The van der Waals surface area contributed by atoms with E-state index in [9.17, 15) is 9.59 Å². The fourth-order valence-corrected chi connectivity index (χ4v) is 2.59. The van der Waals surface area contributed by atoms with E-state index in [2.05, 4.69) is 0 Å². The lowest BCUT2D eigenvalue weighted by Gasteiger charge is -2.31. The van der Waals surface area contributed by atoms with Gasteiger partial charge in [0.15, 0.2) is 0 Å². The van der Waals surface area contributed by atoms with Gasteiger partial charge in [0.25, 0.3) is 11.5 Å². The van der Waals surface area contributed by atoms with Crippen LogP contribution in [0.15, 0.2) is 15.4 Å². The highest BCUT2D eigenvalue weighted by atomic mass is 16.5. The van der Waals surface area contributed by atoms with Crippen LogP contribution in [0, 0.1) is 12.8 Å². The minimum atomic E-state index is -0.411. The molecular weight excluding hydrogens is 248 g/mol. The number of carbonyl (C=O) groups is 1. The molecule has 6 heteroatoms. The number of piperidine rings is 1. The minimum absolute atomic E-state index is 0.184. The Kier molecular flexibility index (Phi) is 4.55. The molecule has 1 aromatic rings. The van der Waals surface area contributed by atoms with Crippen molar-refractivity contribution < 1.29 is 14.4 Å². The molecule has 1 N–H and O–H groups in total. The molecule has 0 bridgehead atoms. The first-order valence-electron chi connectivity index (χ1n) is 6.66. The van der Waals surface area contributed by atoms with Crippen LogP contribution in [-0.2, 0) is 0 Å². The minimum Gasteiger partial charge on any atom is -0.396 e. The van der Waals surface area contributed by atoms with E-state index in [4.69, 9.17) is 9.63 Å². The summed E-state index contributed by atoms with van der Waals surface area (Å²) in [5.74, 6) is 0.541. The first-order valence-corrected chi connectivity index (χ1v) is 6.66. The number of rotatable bonds is 4. The van der Waals surface area contributed by atoms with Crippen molar-refractivity contribution >= 4 is 5.91 Å². The summed E-state index contributed by atoms with van der Waals surface area (Å²) in [6.45, 7) is 3.66. The Morgan fingerprint density at radius 2 is 2.37 bits per heavy atom. The molecule has 1 atom stereocenters. The van der Waals surface area contributed by atoms with Crippen molar-refractivity contribution in [1.82, 2.24) is 9.64 Å². The molecule has 1 unspecified atom stereocenters. The molecule has 6 nitrogen and oxygen atoms in total. The number of hydrogen-bond acceptors (Lipinski definition) is 5. The van der Waals surface area contributed by atoms with Gasteiger partial charge in [0.1, 0.15) is 5.76 Å². The van der Waals surface area contributed by atoms with Gasteiger partial charge >= 0.3 is 0 Å². The second-order valence-corrected chi connectivity index (χ2v) is 5.13. The maximum Gasteiger partial charge on any atom is 0.290 e. The molecule has 1 aromatic heterocycles. The molecule has 0 aromatic carbocycles. The number of nitrogens with zero attached hydrogens (tertiary/aromatic N) is 2. The van der Waals surface area contributed by atoms with Gasteiger partial charge in [0.2, 0.25) is 0 Å². The number of hydrogen-bond donors (Lipinski definition) is 1. The van der Waals surface area contributed by atoms with Gasteiger partial charge in [-0.2, -0.15) is 0 Å². The molecular formula is C13H20N2O4. The molecule has 1 aliphatic rings. The largest absolute Gasteiger partial charge is 0.396 e. The second kappa shape index (κ2) is 6.16. The summed E-state index contributed by atoms with van der Waals surface area (Å²) in [6.07, 6.45) is 2.87. The molecule has 0 aliphatic carbocycles.